The van der Waals surface area contributed by atoms with Gasteiger partial charge in [0.25, 0.3) is 0 Å². The van der Waals surface area contributed by atoms with Gasteiger partial charge in [-0.2, -0.15) is 0 Å². The van der Waals surface area contributed by atoms with Gasteiger partial charge < -0.3 is 0 Å². The Morgan fingerprint density at radius 1 is 1.22 bits per heavy atom. The predicted molar refractivity (Wildman–Crippen MR) is 80.6 cm³/mol. The van der Waals surface area contributed by atoms with E-state index in [9.17, 15) is 0 Å². The van der Waals surface area contributed by atoms with Crippen LogP contribution in [-0.2, 0) is 5.41 Å². The normalized spacial score (nSPS) is 22.9. The molecular formula is C18H22. The highest BCUT2D eigenvalue weighted by Crippen LogP contribution is 2.51. The summed E-state index contributed by atoms with van der Waals surface area (Å²) in [4.78, 5) is 0. The van der Waals surface area contributed by atoms with Crippen molar-refractivity contribution in [3.8, 4) is 0 Å². The van der Waals surface area contributed by atoms with Crippen molar-refractivity contribution in [2.45, 2.75) is 33.1 Å². The highest BCUT2D eigenvalue weighted by Gasteiger charge is 2.41. The SMILES string of the molecule is C=CC1=C(/C=C\C)c2ccccc2C1(C)C(C)C. The quantitative estimate of drug-likeness (QED) is 0.685. The van der Waals surface area contributed by atoms with Crippen LogP contribution in [-0.4, -0.2) is 0 Å². The fraction of sp³-hybridized carbons (Fsp3) is 0.333. The first-order valence-corrected chi connectivity index (χ1v) is 6.67. The second-order valence-corrected chi connectivity index (χ2v) is 5.43. The summed E-state index contributed by atoms with van der Waals surface area (Å²) in [7, 11) is 0. The average Bonchev–Trinajstić information content (AvgIpc) is 2.61. The zero-order chi connectivity index (χ0) is 13.3. The summed E-state index contributed by atoms with van der Waals surface area (Å²) in [5.41, 5.74) is 5.56. The smallest absolute Gasteiger partial charge is 0.0209 e. The monoisotopic (exact) mass is 238 g/mol. The molecule has 1 atom stereocenters. The third kappa shape index (κ3) is 1.59. The maximum Gasteiger partial charge on any atom is 0.0209 e. The van der Waals surface area contributed by atoms with Gasteiger partial charge in [-0.25, -0.2) is 0 Å². The maximum atomic E-state index is 4.04. The third-order valence-electron chi connectivity index (χ3n) is 4.32. The second kappa shape index (κ2) is 4.61. The van der Waals surface area contributed by atoms with Gasteiger partial charge in [-0.1, -0.05) is 69.8 Å². The van der Waals surface area contributed by atoms with Crippen LogP contribution in [0, 0.1) is 5.92 Å². The van der Waals surface area contributed by atoms with Gasteiger partial charge in [0.05, 0.1) is 0 Å². The van der Waals surface area contributed by atoms with E-state index in [0.717, 1.165) is 0 Å². The minimum Gasteiger partial charge on any atom is -0.0987 e. The predicted octanol–water partition coefficient (Wildman–Crippen LogP) is 5.13. The highest BCUT2D eigenvalue weighted by atomic mass is 14.4. The Hall–Kier alpha value is -1.56. The molecule has 0 fully saturated rings. The summed E-state index contributed by atoms with van der Waals surface area (Å²) >= 11 is 0. The van der Waals surface area contributed by atoms with Crippen LogP contribution in [0.3, 0.4) is 0 Å². The van der Waals surface area contributed by atoms with Gasteiger partial charge in [-0.05, 0) is 35.1 Å². The zero-order valence-corrected chi connectivity index (χ0v) is 11.8. The number of hydrogen-bond acceptors (Lipinski definition) is 0. The summed E-state index contributed by atoms with van der Waals surface area (Å²) in [6.07, 6.45) is 6.36. The number of benzene rings is 1. The Kier molecular flexibility index (Phi) is 3.30. The highest BCUT2D eigenvalue weighted by molar-refractivity contribution is 5.87. The van der Waals surface area contributed by atoms with Crippen molar-refractivity contribution in [1.29, 1.82) is 0 Å². The van der Waals surface area contributed by atoms with Crippen molar-refractivity contribution in [3.63, 3.8) is 0 Å². The zero-order valence-electron chi connectivity index (χ0n) is 11.8. The topological polar surface area (TPSA) is 0 Å². The molecule has 18 heavy (non-hydrogen) atoms. The molecule has 94 valence electrons. The molecule has 0 saturated heterocycles. The molecular weight excluding hydrogens is 216 g/mol. The third-order valence-corrected chi connectivity index (χ3v) is 4.32. The van der Waals surface area contributed by atoms with Crippen LogP contribution in [0.15, 0.2) is 54.6 Å². The van der Waals surface area contributed by atoms with Crippen molar-refractivity contribution < 1.29 is 0 Å². The largest absolute Gasteiger partial charge is 0.0987 e. The maximum absolute atomic E-state index is 4.04. The van der Waals surface area contributed by atoms with Crippen LogP contribution in [0.4, 0.5) is 0 Å². The standard InChI is InChI=1S/C18H22/c1-6-10-14-15-11-8-9-12-17(15)18(5,13(3)4)16(14)7-2/h6-13H,2H2,1,3-5H3/b10-6-. The first-order valence-electron chi connectivity index (χ1n) is 6.67. The average molecular weight is 238 g/mol. The first-order chi connectivity index (χ1) is 8.57. The molecule has 0 amide bonds. The summed E-state index contributed by atoms with van der Waals surface area (Å²) < 4.78 is 0. The van der Waals surface area contributed by atoms with E-state index in [1.807, 2.05) is 6.08 Å². The van der Waals surface area contributed by atoms with Gasteiger partial charge in [-0.15, -0.1) is 0 Å². The van der Waals surface area contributed by atoms with Crippen LogP contribution in [0.25, 0.3) is 5.57 Å². The molecule has 0 N–H and O–H groups in total. The van der Waals surface area contributed by atoms with Gasteiger partial charge in [0, 0.05) is 5.41 Å². The second-order valence-electron chi connectivity index (χ2n) is 5.43. The lowest BCUT2D eigenvalue weighted by Gasteiger charge is -2.33. The molecule has 0 heteroatoms. The Morgan fingerprint density at radius 2 is 1.89 bits per heavy atom. The molecule has 0 saturated carbocycles. The summed E-state index contributed by atoms with van der Waals surface area (Å²) in [5, 5.41) is 0. The molecule has 1 aliphatic carbocycles. The summed E-state index contributed by atoms with van der Waals surface area (Å²) in [6.45, 7) is 13.0. The molecule has 1 aromatic rings. The van der Waals surface area contributed by atoms with Crippen molar-refractivity contribution in [1.82, 2.24) is 0 Å². The van der Waals surface area contributed by atoms with Crippen molar-refractivity contribution >= 4 is 5.57 Å². The van der Waals surface area contributed by atoms with E-state index < -0.39 is 0 Å². The number of rotatable bonds is 3. The molecule has 1 unspecified atom stereocenters. The van der Waals surface area contributed by atoms with Crippen LogP contribution in [0.5, 0.6) is 0 Å². The number of hydrogen-bond donors (Lipinski definition) is 0. The number of fused-ring (bicyclic) bond motifs is 1. The minimum absolute atomic E-state index is 0.0766. The molecule has 1 aliphatic rings. The van der Waals surface area contributed by atoms with E-state index in [2.05, 4.69) is 70.7 Å². The molecule has 0 heterocycles. The molecule has 0 bridgehead atoms. The van der Waals surface area contributed by atoms with E-state index in [-0.39, 0.29) is 5.41 Å². The van der Waals surface area contributed by atoms with Gasteiger partial charge in [-0.3, -0.25) is 0 Å². The van der Waals surface area contributed by atoms with Gasteiger partial charge >= 0.3 is 0 Å². The van der Waals surface area contributed by atoms with Crippen LogP contribution >= 0.6 is 0 Å². The lowest BCUT2D eigenvalue weighted by molar-refractivity contribution is 0.411. The van der Waals surface area contributed by atoms with Crippen LogP contribution in [0.1, 0.15) is 38.8 Å². The molecule has 0 nitrogen and oxygen atoms in total. The molecule has 0 aromatic heterocycles. The summed E-state index contributed by atoms with van der Waals surface area (Å²) in [5.74, 6) is 0.550. The van der Waals surface area contributed by atoms with Crippen molar-refractivity contribution in [3.05, 3.63) is 65.8 Å². The molecule has 0 radical (unpaired) electrons. The van der Waals surface area contributed by atoms with Gasteiger partial charge in [0.2, 0.25) is 0 Å². The molecule has 1 aromatic carbocycles. The summed E-state index contributed by atoms with van der Waals surface area (Å²) in [6, 6.07) is 8.74. The first kappa shape index (κ1) is 12.9. The van der Waals surface area contributed by atoms with Crippen molar-refractivity contribution in [2.75, 3.05) is 0 Å². The Bertz CT molecular complexity index is 529. The Morgan fingerprint density at radius 3 is 2.44 bits per heavy atom. The molecule has 0 spiro atoms. The Labute approximate surface area is 111 Å². The minimum atomic E-state index is 0.0766. The van der Waals surface area contributed by atoms with Gasteiger partial charge in [0.15, 0.2) is 0 Å². The molecule has 0 aliphatic heterocycles. The van der Waals surface area contributed by atoms with E-state index >= 15 is 0 Å². The van der Waals surface area contributed by atoms with Crippen molar-refractivity contribution in [2.24, 2.45) is 5.92 Å². The van der Waals surface area contributed by atoms with E-state index in [1.54, 1.807) is 0 Å². The van der Waals surface area contributed by atoms with E-state index in [0.29, 0.717) is 5.92 Å². The van der Waals surface area contributed by atoms with Gasteiger partial charge in [0.1, 0.15) is 0 Å². The number of allylic oxidation sites excluding steroid dienone is 5. The molecule has 2 rings (SSSR count). The fourth-order valence-corrected chi connectivity index (χ4v) is 3.03. The Balaban J connectivity index is 2.79. The lowest BCUT2D eigenvalue weighted by atomic mass is 9.70. The van der Waals surface area contributed by atoms with E-state index in [1.165, 1.54) is 22.3 Å². The fourth-order valence-electron chi connectivity index (χ4n) is 3.03. The van der Waals surface area contributed by atoms with Crippen LogP contribution < -0.4 is 0 Å². The van der Waals surface area contributed by atoms with E-state index in [4.69, 9.17) is 0 Å². The lowest BCUT2D eigenvalue weighted by Crippen LogP contribution is -2.28. The van der Waals surface area contributed by atoms with Crippen LogP contribution in [0.2, 0.25) is 0 Å².